The van der Waals surface area contributed by atoms with Crippen LogP contribution in [0.5, 0.6) is 0 Å². The van der Waals surface area contributed by atoms with Crippen molar-refractivity contribution in [1.29, 1.82) is 0 Å². The quantitative estimate of drug-likeness (QED) is 0.259. The number of hydrogen-bond donors (Lipinski definition) is 0. The number of fused-ring (bicyclic) bond motifs is 2. The fourth-order valence-electron chi connectivity index (χ4n) is 3.40. The van der Waals surface area contributed by atoms with Crippen molar-refractivity contribution < 1.29 is 0 Å². The lowest BCUT2D eigenvalue weighted by atomic mass is 9.96. The predicted molar refractivity (Wildman–Crippen MR) is 122 cm³/mol. The number of aromatic nitrogens is 2. The summed E-state index contributed by atoms with van der Waals surface area (Å²) in [5.41, 5.74) is 3.71. The average molecular weight is 380 g/mol. The summed E-state index contributed by atoms with van der Waals surface area (Å²) in [6.07, 6.45) is 7.01. The molecule has 0 saturated heterocycles. The molecule has 0 saturated carbocycles. The molecular formula is C28H16N2. The highest BCUT2D eigenvalue weighted by Gasteiger charge is 2.06. The van der Waals surface area contributed by atoms with Gasteiger partial charge in [-0.25, -0.2) is 0 Å². The number of pyridine rings is 2. The van der Waals surface area contributed by atoms with E-state index >= 15 is 0 Å². The van der Waals surface area contributed by atoms with E-state index < -0.39 is 0 Å². The fraction of sp³-hybridized carbons (Fsp3) is 0. The molecule has 0 aliphatic carbocycles. The molecule has 0 aliphatic heterocycles. The summed E-state index contributed by atoms with van der Waals surface area (Å²) in [5.74, 6) is 13.2. The van der Waals surface area contributed by atoms with Gasteiger partial charge in [-0.15, -0.1) is 0 Å². The molecule has 0 bridgehead atoms. The van der Waals surface area contributed by atoms with Crippen molar-refractivity contribution in [3.05, 3.63) is 120 Å². The third kappa shape index (κ3) is 3.63. The molecule has 2 aromatic heterocycles. The van der Waals surface area contributed by atoms with Crippen LogP contribution in [0.15, 0.2) is 97.6 Å². The van der Waals surface area contributed by atoms with Crippen LogP contribution >= 0.6 is 0 Å². The molecular weight excluding hydrogens is 364 g/mol. The van der Waals surface area contributed by atoms with Crippen molar-refractivity contribution in [2.75, 3.05) is 0 Å². The van der Waals surface area contributed by atoms with E-state index in [0.717, 1.165) is 33.0 Å². The van der Waals surface area contributed by atoms with Crippen LogP contribution in [0.25, 0.3) is 21.5 Å². The Labute approximate surface area is 175 Å². The number of benzene rings is 3. The highest BCUT2D eigenvalue weighted by molar-refractivity contribution is 6.01. The van der Waals surface area contributed by atoms with Crippen molar-refractivity contribution in [2.24, 2.45) is 0 Å². The molecule has 5 rings (SSSR count). The fourth-order valence-corrected chi connectivity index (χ4v) is 3.40. The second-order valence-electron chi connectivity index (χ2n) is 6.88. The summed E-state index contributed by atoms with van der Waals surface area (Å²) in [6, 6.07) is 24.6. The zero-order chi connectivity index (χ0) is 20.2. The van der Waals surface area contributed by atoms with E-state index in [0.29, 0.717) is 0 Å². The van der Waals surface area contributed by atoms with E-state index in [1.807, 2.05) is 24.3 Å². The molecule has 0 spiro atoms. The second kappa shape index (κ2) is 7.92. The van der Waals surface area contributed by atoms with Crippen molar-refractivity contribution >= 4 is 21.5 Å². The number of nitrogens with zero attached hydrogens (tertiary/aromatic N) is 2. The molecule has 0 fully saturated rings. The van der Waals surface area contributed by atoms with Gasteiger partial charge in [-0.05, 0) is 64.0 Å². The van der Waals surface area contributed by atoms with Crippen molar-refractivity contribution in [2.45, 2.75) is 0 Å². The molecule has 0 radical (unpaired) electrons. The highest BCUT2D eigenvalue weighted by atomic mass is 14.6. The van der Waals surface area contributed by atoms with E-state index in [1.54, 1.807) is 24.8 Å². The monoisotopic (exact) mass is 380 g/mol. The van der Waals surface area contributed by atoms with E-state index in [-0.39, 0.29) is 0 Å². The molecule has 0 atom stereocenters. The lowest BCUT2D eigenvalue weighted by molar-refractivity contribution is 1.32. The van der Waals surface area contributed by atoms with Gasteiger partial charge in [-0.2, -0.15) is 0 Å². The molecule has 2 nitrogen and oxygen atoms in total. The number of hydrogen-bond acceptors (Lipinski definition) is 2. The summed E-state index contributed by atoms with van der Waals surface area (Å²) in [5, 5.41) is 4.67. The van der Waals surface area contributed by atoms with Crippen LogP contribution in [0.2, 0.25) is 0 Å². The van der Waals surface area contributed by atoms with Crippen LogP contribution < -0.4 is 0 Å². The Morgan fingerprint density at radius 2 is 1.10 bits per heavy atom. The van der Waals surface area contributed by atoms with Crippen LogP contribution in [-0.2, 0) is 0 Å². The summed E-state index contributed by atoms with van der Waals surface area (Å²) in [7, 11) is 0. The topological polar surface area (TPSA) is 25.8 Å². The van der Waals surface area contributed by atoms with Crippen LogP contribution in [0.3, 0.4) is 0 Å². The first kappa shape index (κ1) is 17.7. The summed E-state index contributed by atoms with van der Waals surface area (Å²) in [6.45, 7) is 0. The van der Waals surface area contributed by atoms with E-state index in [1.165, 1.54) is 10.8 Å². The Morgan fingerprint density at radius 1 is 0.500 bits per heavy atom. The van der Waals surface area contributed by atoms with E-state index in [2.05, 4.69) is 82.2 Å². The van der Waals surface area contributed by atoms with Crippen LogP contribution in [0.4, 0.5) is 0 Å². The van der Waals surface area contributed by atoms with E-state index in [9.17, 15) is 0 Å². The molecule has 0 unspecified atom stereocenters. The highest BCUT2D eigenvalue weighted by Crippen LogP contribution is 2.27. The molecule has 3 aromatic carbocycles. The zero-order valence-corrected chi connectivity index (χ0v) is 16.1. The molecule has 30 heavy (non-hydrogen) atoms. The third-order valence-electron chi connectivity index (χ3n) is 4.92. The molecule has 0 N–H and O–H groups in total. The van der Waals surface area contributed by atoms with Gasteiger partial charge in [-0.1, -0.05) is 54.0 Å². The Kier molecular flexibility index (Phi) is 4.67. The van der Waals surface area contributed by atoms with Gasteiger partial charge in [0, 0.05) is 47.0 Å². The molecule has 2 heteroatoms. The maximum absolute atomic E-state index is 4.07. The first-order chi connectivity index (χ1) is 14.9. The third-order valence-corrected chi connectivity index (χ3v) is 4.92. The van der Waals surface area contributed by atoms with E-state index in [4.69, 9.17) is 0 Å². The Bertz CT molecular complexity index is 1480. The van der Waals surface area contributed by atoms with Gasteiger partial charge < -0.3 is 0 Å². The summed E-state index contributed by atoms with van der Waals surface area (Å²) < 4.78 is 0. The van der Waals surface area contributed by atoms with Crippen LogP contribution in [0.1, 0.15) is 22.3 Å². The summed E-state index contributed by atoms with van der Waals surface area (Å²) >= 11 is 0. The molecule has 0 aliphatic rings. The minimum atomic E-state index is 0.913. The average Bonchev–Trinajstić information content (AvgIpc) is 2.81. The standard InChI is InChI=1S/C28H16N2/c1-2-4-25-20-28-26(19-24(25)3-1)9-8-23(7-5-21-11-15-29-16-12-21)27(28)10-6-22-13-17-30-18-14-22/h1-4,8-9,11-20H. The van der Waals surface area contributed by atoms with Gasteiger partial charge in [0.1, 0.15) is 0 Å². The number of rotatable bonds is 0. The smallest absolute Gasteiger partial charge is 0.0484 e. The largest absolute Gasteiger partial charge is 0.265 e. The van der Waals surface area contributed by atoms with Gasteiger partial charge in [0.2, 0.25) is 0 Å². The maximum Gasteiger partial charge on any atom is 0.0484 e. The lowest BCUT2D eigenvalue weighted by Gasteiger charge is -2.07. The van der Waals surface area contributed by atoms with Gasteiger partial charge in [0.15, 0.2) is 0 Å². The molecule has 138 valence electrons. The lowest BCUT2D eigenvalue weighted by Crippen LogP contribution is -1.89. The molecule has 5 aromatic rings. The first-order valence-corrected chi connectivity index (χ1v) is 9.66. The van der Waals surface area contributed by atoms with Crippen molar-refractivity contribution in [3.63, 3.8) is 0 Å². The van der Waals surface area contributed by atoms with Gasteiger partial charge in [0.05, 0.1) is 0 Å². The molecule has 0 amide bonds. The van der Waals surface area contributed by atoms with Gasteiger partial charge in [0.25, 0.3) is 0 Å². The SMILES string of the molecule is C(#Cc1ccc2cc3ccccc3cc2c1C#Cc1ccncc1)c1ccncc1. The second-order valence-corrected chi connectivity index (χ2v) is 6.88. The van der Waals surface area contributed by atoms with Gasteiger partial charge >= 0.3 is 0 Å². The van der Waals surface area contributed by atoms with Crippen LogP contribution in [0, 0.1) is 23.7 Å². The predicted octanol–water partition coefficient (Wildman–Crippen LogP) is 5.58. The zero-order valence-electron chi connectivity index (χ0n) is 16.1. The maximum atomic E-state index is 4.07. The normalized spacial score (nSPS) is 10.1. The Balaban J connectivity index is 1.73. The van der Waals surface area contributed by atoms with Crippen molar-refractivity contribution in [3.8, 4) is 23.7 Å². The Morgan fingerprint density at radius 3 is 1.77 bits per heavy atom. The van der Waals surface area contributed by atoms with Crippen LogP contribution in [-0.4, -0.2) is 9.97 Å². The molecule has 2 heterocycles. The minimum absolute atomic E-state index is 0.913. The van der Waals surface area contributed by atoms with Gasteiger partial charge in [-0.3, -0.25) is 9.97 Å². The first-order valence-electron chi connectivity index (χ1n) is 9.66. The summed E-state index contributed by atoms with van der Waals surface area (Å²) in [4.78, 5) is 8.13. The van der Waals surface area contributed by atoms with Crippen molar-refractivity contribution in [1.82, 2.24) is 9.97 Å². The Hall–Kier alpha value is -4.40. The minimum Gasteiger partial charge on any atom is -0.265 e.